The molecule has 5 heteroatoms. The molecule has 3 aromatic rings. The van der Waals surface area contributed by atoms with Crippen LogP contribution in [0.3, 0.4) is 0 Å². The zero-order chi connectivity index (χ0) is 15.4. The predicted octanol–water partition coefficient (Wildman–Crippen LogP) is 2.91. The Balaban J connectivity index is 1.95. The van der Waals surface area contributed by atoms with Crippen LogP contribution in [0.2, 0.25) is 0 Å². The first kappa shape index (κ1) is 14.7. The minimum atomic E-state index is -0.920. The van der Waals surface area contributed by atoms with Gasteiger partial charge in [-0.3, -0.25) is 4.21 Å². The van der Waals surface area contributed by atoms with Gasteiger partial charge in [-0.1, -0.05) is 65.9 Å². The minimum Gasteiger partial charge on any atom is -0.260 e. The van der Waals surface area contributed by atoms with Crippen LogP contribution < -0.4 is 0 Å². The highest BCUT2D eigenvalue weighted by Crippen LogP contribution is 2.22. The second kappa shape index (κ2) is 6.66. The zero-order valence-electron chi connectivity index (χ0n) is 12.3. The lowest BCUT2D eigenvalue weighted by Gasteiger charge is -2.15. The Kier molecular flexibility index (Phi) is 4.44. The van der Waals surface area contributed by atoms with Gasteiger partial charge in [0.25, 0.3) is 0 Å². The monoisotopic (exact) mass is 311 g/mol. The Bertz CT molecular complexity index is 756. The summed E-state index contributed by atoms with van der Waals surface area (Å²) in [6.07, 6.45) is 3.63. The maximum Gasteiger partial charge on any atom is 0.113 e. The van der Waals surface area contributed by atoms with Crippen molar-refractivity contribution in [2.24, 2.45) is 0 Å². The van der Waals surface area contributed by atoms with Gasteiger partial charge in [-0.15, -0.1) is 5.10 Å². The Morgan fingerprint density at radius 1 is 1.05 bits per heavy atom. The first-order valence-electron chi connectivity index (χ1n) is 7.06. The number of benzene rings is 2. The fourth-order valence-electron chi connectivity index (χ4n) is 2.39. The van der Waals surface area contributed by atoms with Crippen LogP contribution in [0.1, 0.15) is 11.6 Å². The van der Waals surface area contributed by atoms with Crippen molar-refractivity contribution in [3.8, 4) is 11.3 Å². The second-order valence-corrected chi connectivity index (χ2v) is 6.60. The molecule has 112 valence electrons. The predicted molar refractivity (Wildman–Crippen MR) is 89.0 cm³/mol. The number of hydrogen-bond acceptors (Lipinski definition) is 3. The Morgan fingerprint density at radius 3 is 2.32 bits per heavy atom. The molecular weight excluding hydrogens is 294 g/mol. The van der Waals surface area contributed by atoms with E-state index in [0.717, 1.165) is 16.8 Å². The molecule has 1 aromatic heterocycles. The molecule has 0 N–H and O–H groups in total. The van der Waals surface area contributed by atoms with Gasteiger partial charge in [-0.25, -0.2) is 4.68 Å². The molecule has 0 saturated heterocycles. The summed E-state index contributed by atoms with van der Waals surface area (Å²) in [6.45, 7) is 0. The Labute approximate surface area is 132 Å². The van der Waals surface area contributed by atoms with Crippen molar-refractivity contribution in [2.45, 2.75) is 6.04 Å². The van der Waals surface area contributed by atoms with Crippen LogP contribution in [0.15, 0.2) is 66.9 Å². The van der Waals surface area contributed by atoms with E-state index in [4.69, 9.17) is 0 Å². The van der Waals surface area contributed by atoms with E-state index in [-0.39, 0.29) is 6.04 Å². The lowest BCUT2D eigenvalue weighted by molar-refractivity contribution is 0.544. The summed E-state index contributed by atoms with van der Waals surface area (Å²) in [5.41, 5.74) is 2.93. The summed E-state index contributed by atoms with van der Waals surface area (Å²) in [5.74, 6) is 0.515. The number of aromatic nitrogens is 3. The number of rotatable bonds is 5. The van der Waals surface area contributed by atoms with Crippen LogP contribution in [0.5, 0.6) is 0 Å². The minimum absolute atomic E-state index is 0.0722. The van der Waals surface area contributed by atoms with Gasteiger partial charge < -0.3 is 0 Å². The van der Waals surface area contributed by atoms with E-state index in [1.54, 1.807) is 10.9 Å². The normalized spacial score (nSPS) is 13.7. The molecule has 3 rings (SSSR count). The molecule has 0 fully saturated rings. The van der Waals surface area contributed by atoms with Crippen LogP contribution in [0.25, 0.3) is 11.3 Å². The largest absolute Gasteiger partial charge is 0.260 e. The van der Waals surface area contributed by atoms with E-state index < -0.39 is 10.8 Å². The van der Waals surface area contributed by atoms with Gasteiger partial charge in [0.15, 0.2) is 0 Å². The maximum absolute atomic E-state index is 11.7. The first-order valence-corrected chi connectivity index (χ1v) is 8.79. The summed E-state index contributed by atoms with van der Waals surface area (Å²) in [6, 6.07) is 19.9. The second-order valence-electron chi connectivity index (χ2n) is 5.12. The molecule has 0 radical (unpaired) electrons. The number of nitrogens with zero attached hydrogens (tertiary/aromatic N) is 3. The van der Waals surface area contributed by atoms with Crippen LogP contribution in [-0.2, 0) is 10.8 Å². The third kappa shape index (κ3) is 3.31. The van der Waals surface area contributed by atoms with Gasteiger partial charge in [0.2, 0.25) is 0 Å². The Hall–Kier alpha value is -2.27. The summed E-state index contributed by atoms with van der Waals surface area (Å²) in [7, 11) is -0.920. The molecule has 22 heavy (non-hydrogen) atoms. The molecule has 0 aliphatic heterocycles. The summed E-state index contributed by atoms with van der Waals surface area (Å²) >= 11 is 0. The molecule has 0 aliphatic carbocycles. The highest BCUT2D eigenvalue weighted by atomic mass is 32.2. The van der Waals surface area contributed by atoms with E-state index >= 15 is 0 Å². The van der Waals surface area contributed by atoms with Crippen molar-refractivity contribution in [3.63, 3.8) is 0 Å². The molecule has 0 bridgehead atoms. The van der Waals surface area contributed by atoms with Gasteiger partial charge in [0.05, 0.1) is 12.2 Å². The molecule has 4 nitrogen and oxygen atoms in total. The average molecular weight is 311 g/mol. The van der Waals surface area contributed by atoms with Crippen molar-refractivity contribution in [3.05, 3.63) is 72.4 Å². The molecule has 2 unspecified atom stereocenters. The van der Waals surface area contributed by atoms with E-state index in [0.29, 0.717) is 5.75 Å². The van der Waals surface area contributed by atoms with Gasteiger partial charge >= 0.3 is 0 Å². The maximum atomic E-state index is 11.7. The molecule has 1 heterocycles. The quantitative estimate of drug-likeness (QED) is 0.728. The van der Waals surface area contributed by atoms with E-state index in [1.165, 1.54) is 0 Å². The smallest absolute Gasteiger partial charge is 0.113 e. The van der Waals surface area contributed by atoms with Crippen LogP contribution in [0, 0.1) is 0 Å². The molecular formula is C17H17N3OS. The van der Waals surface area contributed by atoms with Gasteiger partial charge in [-0.2, -0.15) is 0 Å². The van der Waals surface area contributed by atoms with E-state index in [2.05, 4.69) is 10.3 Å². The lowest BCUT2D eigenvalue weighted by Crippen LogP contribution is -2.18. The van der Waals surface area contributed by atoms with Crippen molar-refractivity contribution in [1.82, 2.24) is 15.0 Å². The molecule has 0 saturated carbocycles. The van der Waals surface area contributed by atoms with Crippen LogP contribution in [-0.4, -0.2) is 31.2 Å². The van der Waals surface area contributed by atoms with Crippen molar-refractivity contribution in [1.29, 1.82) is 0 Å². The van der Waals surface area contributed by atoms with Gasteiger partial charge in [-0.05, 0) is 5.56 Å². The zero-order valence-corrected chi connectivity index (χ0v) is 13.1. The standard InChI is InChI=1S/C17H17N3OS/c1-22(21)13-17(15-10-6-3-7-11-15)20-12-16(18-19-20)14-8-4-2-5-9-14/h2-12,17H,13H2,1H3. The molecule has 0 aliphatic rings. The van der Waals surface area contributed by atoms with Crippen LogP contribution >= 0.6 is 0 Å². The highest BCUT2D eigenvalue weighted by Gasteiger charge is 2.17. The fraction of sp³-hybridized carbons (Fsp3) is 0.176. The average Bonchev–Trinajstić information content (AvgIpc) is 3.04. The summed E-state index contributed by atoms with van der Waals surface area (Å²) in [4.78, 5) is 0. The number of hydrogen-bond donors (Lipinski definition) is 0. The summed E-state index contributed by atoms with van der Waals surface area (Å²) in [5, 5.41) is 8.51. The Morgan fingerprint density at radius 2 is 1.68 bits per heavy atom. The third-order valence-corrected chi connectivity index (χ3v) is 4.26. The van der Waals surface area contributed by atoms with Crippen LogP contribution in [0.4, 0.5) is 0 Å². The summed E-state index contributed by atoms with van der Waals surface area (Å²) < 4.78 is 13.5. The highest BCUT2D eigenvalue weighted by molar-refractivity contribution is 7.84. The molecule has 2 atom stereocenters. The first-order chi connectivity index (χ1) is 10.7. The topological polar surface area (TPSA) is 47.8 Å². The SMILES string of the molecule is CS(=O)CC(c1ccccc1)n1cc(-c2ccccc2)nn1. The van der Waals surface area contributed by atoms with Crippen molar-refractivity contribution >= 4 is 10.8 Å². The lowest BCUT2D eigenvalue weighted by atomic mass is 10.1. The van der Waals surface area contributed by atoms with E-state index in [1.807, 2.05) is 66.9 Å². The molecule has 0 amide bonds. The molecule has 0 spiro atoms. The third-order valence-electron chi connectivity index (χ3n) is 3.48. The van der Waals surface area contributed by atoms with E-state index in [9.17, 15) is 4.21 Å². The van der Waals surface area contributed by atoms with Crippen molar-refractivity contribution < 1.29 is 4.21 Å². The van der Waals surface area contributed by atoms with Gasteiger partial charge in [0.1, 0.15) is 5.69 Å². The molecule has 2 aromatic carbocycles. The fourth-order valence-corrected chi connectivity index (χ4v) is 3.18. The van der Waals surface area contributed by atoms with Gasteiger partial charge in [0, 0.05) is 28.4 Å². The van der Waals surface area contributed by atoms with Crippen molar-refractivity contribution in [2.75, 3.05) is 12.0 Å².